The molecule has 0 fully saturated rings. The molecular weight excluding hydrogens is 536 g/mol. The van der Waals surface area contributed by atoms with Crippen molar-refractivity contribution >= 4 is 35.9 Å². The van der Waals surface area contributed by atoms with Crippen molar-refractivity contribution in [2.45, 2.75) is 24.4 Å². The fraction of sp³-hybridized carbons (Fsp3) is 0.310. The molecule has 2 amide bonds. The molecule has 2 aromatic carbocycles. The zero-order valence-electron chi connectivity index (χ0n) is 21.9. The summed E-state index contributed by atoms with van der Waals surface area (Å²) in [4.78, 5) is 48.5. The van der Waals surface area contributed by atoms with Crippen molar-refractivity contribution in [2.24, 2.45) is 0 Å². The van der Waals surface area contributed by atoms with Crippen molar-refractivity contribution in [3.8, 4) is 11.1 Å². The molecule has 10 nitrogen and oxygen atoms in total. The maximum atomic E-state index is 12.5. The highest BCUT2D eigenvalue weighted by Gasteiger charge is 2.30. The number of amides is 2. The first-order valence-electron chi connectivity index (χ1n) is 12.6. The summed E-state index contributed by atoms with van der Waals surface area (Å²) in [5, 5.41) is 14.4. The van der Waals surface area contributed by atoms with E-state index in [1.54, 1.807) is 0 Å². The van der Waals surface area contributed by atoms with Crippen LogP contribution in [-0.2, 0) is 23.8 Å². The molecule has 1 aliphatic carbocycles. The van der Waals surface area contributed by atoms with Gasteiger partial charge in [0.2, 0.25) is 0 Å². The number of benzene rings is 2. The average molecular weight is 569 g/mol. The number of carbonyl (C=O) groups excluding carboxylic acids is 3. The van der Waals surface area contributed by atoms with E-state index in [0.717, 1.165) is 22.3 Å². The molecule has 0 radical (unpaired) electrons. The van der Waals surface area contributed by atoms with Crippen LogP contribution in [0.4, 0.5) is 9.59 Å². The molecule has 40 heavy (non-hydrogen) atoms. The minimum atomic E-state index is -1.22. The quantitative estimate of drug-likeness (QED) is 0.125. The zero-order valence-corrected chi connectivity index (χ0v) is 22.7. The largest absolute Gasteiger partial charge is 0.480 e. The van der Waals surface area contributed by atoms with Gasteiger partial charge in [-0.15, -0.1) is 0 Å². The van der Waals surface area contributed by atoms with Gasteiger partial charge in [0.25, 0.3) is 0 Å². The van der Waals surface area contributed by atoms with Crippen LogP contribution in [-0.4, -0.2) is 72.6 Å². The van der Waals surface area contributed by atoms with Gasteiger partial charge in [0.1, 0.15) is 31.9 Å². The van der Waals surface area contributed by atoms with Gasteiger partial charge in [0.15, 0.2) is 0 Å². The van der Waals surface area contributed by atoms with Crippen molar-refractivity contribution in [2.75, 3.05) is 31.3 Å². The van der Waals surface area contributed by atoms with Crippen molar-refractivity contribution in [1.82, 2.24) is 10.6 Å². The van der Waals surface area contributed by atoms with E-state index >= 15 is 0 Å². The van der Waals surface area contributed by atoms with Gasteiger partial charge in [-0.3, -0.25) is 0 Å². The maximum absolute atomic E-state index is 12.5. The zero-order chi connectivity index (χ0) is 28.9. The van der Waals surface area contributed by atoms with Crippen molar-refractivity contribution in [3.05, 3.63) is 85.0 Å². The summed E-state index contributed by atoms with van der Waals surface area (Å²) in [5.74, 6) is -1.71. The number of hydrogen-bond donors (Lipinski definition) is 3. The Morgan fingerprint density at radius 2 is 1.40 bits per heavy atom. The van der Waals surface area contributed by atoms with Crippen LogP contribution >= 0.6 is 11.8 Å². The molecule has 1 aliphatic rings. The highest BCUT2D eigenvalue weighted by molar-refractivity contribution is 7.99. The molecule has 0 bridgehead atoms. The van der Waals surface area contributed by atoms with Gasteiger partial charge in [-0.2, -0.15) is 11.8 Å². The number of rotatable bonds is 15. The minimum Gasteiger partial charge on any atom is -0.480 e. The lowest BCUT2D eigenvalue weighted by Crippen LogP contribution is -2.44. The molecule has 2 atom stereocenters. The van der Waals surface area contributed by atoms with Gasteiger partial charge in [-0.05, 0) is 34.4 Å². The van der Waals surface area contributed by atoms with Crippen LogP contribution in [0.3, 0.4) is 0 Å². The number of hydrogen-bond acceptors (Lipinski definition) is 8. The Balaban J connectivity index is 1.50. The highest BCUT2D eigenvalue weighted by atomic mass is 32.2. The standard InChI is InChI=1S/C29H32N2O8S/c1-3-14-37-27(34)25(31-28(35)38-15-4-2)18-40-16-13-24(26(32)33)30-29(36)39-17-23-21-11-7-5-9-19(21)20-10-6-8-12-22(20)23/h3-12,23-25H,1-2,13-18H2,(H,30,36)(H,31,35)(H,32,33)/t24-,25-/m0/s1. The third kappa shape index (κ3) is 8.37. The second-order valence-corrected chi connectivity index (χ2v) is 9.88. The van der Waals surface area contributed by atoms with E-state index in [1.165, 1.54) is 23.9 Å². The van der Waals surface area contributed by atoms with Crippen molar-refractivity contribution in [1.29, 1.82) is 0 Å². The number of carboxylic acid groups (broad SMARTS) is 1. The number of carbonyl (C=O) groups is 4. The summed E-state index contributed by atoms with van der Waals surface area (Å²) in [6.45, 7) is 6.92. The van der Waals surface area contributed by atoms with Gasteiger partial charge in [0, 0.05) is 11.7 Å². The first kappa shape index (κ1) is 30.3. The van der Waals surface area contributed by atoms with Crippen molar-refractivity contribution in [3.63, 3.8) is 0 Å². The number of aliphatic carboxylic acids is 1. The molecule has 0 heterocycles. The molecule has 0 spiro atoms. The molecule has 3 rings (SSSR count). The van der Waals surface area contributed by atoms with Gasteiger partial charge in [0.05, 0.1) is 0 Å². The monoisotopic (exact) mass is 568 g/mol. The summed E-state index contributed by atoms with van der Waals surface area (Å²) < 4.78 is 15.3. The highest BCUT2D eigenvalue weighted by Crippen LogP contribution is 2.44. The van der Waals surface area contributed by atoms with Crippen LogP contribution in [0.1, 0.15) is 23.5 Å². The van der Waals surface area contributed by atoms with E-state index in [4.69, 9.17) is 14.2 Å². The number of esters is 1. The molecule has 0 saturated heterocycles. The smallest absolute Gasteiger partial charge is 0.408 e. The molecule has 2 aromatic rings. The van der Waals surface area contributed by atoms with Crippen LogP contribution in [0.2, 0.25) is 0 Å². The number of thioether (sulfide) groups is 1. The van der Waals surface area contributed by atoms with Gasteiger partial charge in [-0.25, -0.2) is 19.2 Å². The number of alkyl carbamates (subject to hydrolysis) is 2. The number of fused-ring (bicyclic) bond motifs is 3. The Morgan fingerprint density at radius 3 is 2.00 bits per heavy atom. The van der Waals surface area contributed by atoms with E-state index < -0.39 is 36.2 Å². The normalized spacial score (nSPS) is 13.1. The Morgan fingerprint density at radius 1 is 0.850 bits per heavy atom. The summed E-state index contributed by atoms with van der Waals surface area (Å²) in [5.41, 5.74) is 4.27. The summed E-state index contributed by atoms with van der Waals surface area (Å²) in [6.07, 6.45) is 1.18. The maximum Gasteiger partial charge on any atom is 0.408 e. The molecule has 212 valence electrons. The van der Waals surface area contributed by atoms with E-state index in [-0.39, 0.29) is 43.7 Å². The fourth-order valence-corrected chi connectivity index (χ4v) is 5.20. The first-order valence-corrected chi connectivity index (χ1v) is 13.7. The Bertz CT molecular complexity index is 1190. The molecule has 0 aliphatic heterocycles. The van der Waals surface area contributed by atoms with Crippen LogP contribution in [0.25, 0.3) is 11.1 Å². The van der Waals surface area contributed by atoms with Crippen LogP contribution in [0.15, 0.2) is 73.8 Å². The SMILES string of the molecule is C=CCOC(=O)N[C@@H](CSCC[C@H](NC(=O)OCC1c2ccccc2-c2ccccc21)C(=O)O)C(=O)OCC=C. The summed E-state index contributed by atoms with van der Waals surface area (Å²) in [6, 6.07) is 13.6. The van der Waals surface area contributed by atoms with Crippen LogP contribution < -0.4 is 10.6 Å². The number of ether oxygens (including phenoxy) is 3. The van der Waals surface area contributed by atoms with Crippen LogP contribution in [0, 0.1) is 0 Å². The third-order valence-electron chi connectivity index (χ3n) is 6.02. The predicted octanol–water partition coefficient (Wildman–Crippen LogP) is 4.11. The Kier molecular flexibility index (Phi) is 11.6. The lowest BCUT2D eigenvalue weighted by atomic mass is 9.98. The molecule has 0 unspecified atom stereocenters. The van der Waals surface area contributed by atoms with Crippen LogP contribution in [0.5, 0.6) is 0 Å². The lowest BCUT2D eigenvalue weighted by molar-refractivity contribution is -0.144. The molecule has 0 saturated carbocycles. The minimum absolute atomic E-state index is 0.0325. The summed E-state index contributed by atoms with van der Waals surface area (Å²) in [7, 11) is 0. The van der Waals surface area contributed by atoms with E-state index in [1.807, 2.05) is 48.5 Å². The second-order valence-electron chi connectivity index (χ2n) is 8.73. The second kappa shape index (κ2) is 15.4. The topological polar surface area (TPSA) is 140 Å². The average Bonchev–Trinajstić information content (AvgIpc) is 3.28. The van der Waals surface area contributed by atoms with Crippen molar-refractivity contribution < 1.29 is 38.5 Å². The predicted molar refractivity (Wildman–Crippen MR) is 151 cm³/mol. The molecule has 3 N–H and O–H groups in total. The first-order chi connectivity index (χ1) is 19.3. The summed E-state index contributed by atoms with van der Waals surface area (Å²) >= 11 is 1.21. The number of nitrogens with one attached hydrogen (secondary N) is 2. The van der Waals surface area contributed by atoms with E-state index in [0.29, 0.717) is 0 Å². The fourth-order valence-electron chi connectivity index (χ4n) is 4.17. The van der Waals surface area contributed by atoms with E-state index in [9.17, 15) is 24.3 Å². The van der Waals surface area contributed by atoms with Gasteiger partial charge < -0.3 is 30.0 Å². The van der Waals surface area contributed by atoms with E-state index in [2.05, 4.69) is 23.8 Å². The van der Waals surface area contributed by atoms with Gasteiger partial charge in [-0.1, -0.05) is 73.8 Å². The lowest BCUT2D eigenvalue weighted by Gasteiger charge is -2.18. The molecule has 11 heteroatoms. The third-order valence-corrected chi connectivity index (χ3v) is 7.11. The van der Waals surface area contributed by atoms with Gasteiger partial charge >= 0.3 is 24.1 Å². The Labute approximate surface area is 236 Å². The molecular formula is C29H32N2O8S. The number of carboxylic acids is 1. The molecule has 0 aromatic heterocycles. The Hall–Kier alpha value is -4.25.